The zero-order valence-corrected chi connectivity index (χ0v) is 5.74. The van der Waals surface area contributed by atoms with Crippen LogP contribution in [0, 0.1) is 0 Å². The number of halogens is 2. The van der Waals surface area contributed by atoms with Gasteiger partial charge in [-0.2, -0.15) is 0 Å². The van der Waals surface area contributed by atoms with Gasteiger partial charge in [-0.05, 0) is 11.6 Å². The van der Waals surface area contributed by atoms with Crippen molar-refractivity contribution in [3.05, 3.63) is 23.1 Å². The molecule has 0 atom stereocenters. The highest BCUT2D eigenvalue weighted by molar-refractivity contribution is 6.67. The lowest BCUT2D eigenvalue weighted by Crippen LogP contribution is -1.80. The second kappa shape index (κ2) is 2.42. The summed E-state index contributed by atoms with van der Waals surface area (Å²) in [7, 11) is 0. The second-order valence-electron chi connectivity index (χ2n) is 1.40. The van der Waals surface area contributed by atoms with Crippen molar-refractivity contribution in [2.24, 2.45) is 0 Å². The lowest BCUT2D eigenvalue weighted by Gasteiger charge is -1.77. The van der Waals surface area contributed by atoms with Crippen molar-refractivity contribution in [3.63, 3.8) is 0 Å². The van der Waals surface area contributed by atoms with Crippen molar-refractivity contribution < 1.29 is 9.21 Å². The molecule has 0 saturated heterocycles. The van der Waals surface area contributed by atoms with E-state index < -0.39 is 5.24 Å². The Morgan fingerprint density at radius 2 is 2.33 bits per heavy atom. The fraction of sp³-hybridized carbons (Fsp3) is 0. The van der Waals surface area contributed by atoms with E-state index in [1.54, 1.807) is 0 Å². The molecule has 1 rings (SSSR count). The van der Waals surface area contributed by atoms with E-state index in [2.05, 4.69) is 4.42 Å². The molecule has 0 unspecified atom stereocenters. The van der Waals surface area contributed by atoms with Gasteiger partial charge in [0.25, 0.3) is 5.24 Å². The monoisotopic (exact) mass is 164 g/mol. The molecule has 4 heteroatoms. The Labute approximate surface area is 61.4 Å². The molecule has 0 aliphatic heterocycles. The average molecular weight is 165 g/mol. The van der Waals surface area contributed by atoms with Crippen LogP contribution >= 0.6 is 23.2 Å². The third kappa shape index (κ3) is 1.47. The minimum absolute atomic E-state index is 0.0710. The molecule has 1 aromatic rings. The summed E-state index contributed by atoms with van der Waals surface area (Å²) in [5.74, 6) is 0.0710. The van der Waals surface area contributed by atoms with Crippen molar-refractivity contribution in [2.75, 3.05) is 0 Å². The van der Waals surface area contributed by atoms with Gasteiger partial charge in [-0.3, -0.25) is 4.79 Å². The first-order chi connectivity index (χ1) is 4.20. The van der Waals surface area contributed by atoms with E-state index in [-0.39, 0.29) is 5.76 Å². The van der Waals surface area contributed by atoms with Crippen LogP contribution in [0.25, 0.3) is 0 Å². The molecule has 0 aliphatic carbocycles. The van der Waals surface area contributed by atoms with Crippen LogP contribution in [0.15, 0.2) is 16.7 Å². The Bertz CT molecular complexity index is 229. The summed E-state index contributed by atoms with van der Waals surface area (Å²) in [5, 5.41) is -0.263. The van der Waals surface area contributed by atoms with Crippen LogP contribution in [0.1, 0.15) is 10.6 Å². The van der Waals surface area contributed by atoms with Gasteiger partial charge in [0, 0.05) is 6.07 Å². The largest absolute Gasteiger partial charge is 0.458 e. The second-order valence-corrected chi connectivity index (χ2v) is 2.18. The van der Waals surface area contributed by atoms with Crippen LogP contribution in [0.3, 0.4) is 0 Å². The highest BCUT2D eigenvalue weighted by Gasteiger charge is 2.05. The third-order valence-corrected chi connectivity index (χ3v) is 1.15. The number of hydrogen-bond donors (Lipinski definition) is 0. The highest BCUT2D eigenvalue weighted by Crippen LogP contribution is 2.14. The minimum atomic E-state index is -0.637. The van der Waals surface area contributed by atoms with Gasteiger partial charge in [0.15, 0.2) is 5.76 Å². The zero-order valence-electron chi connectivity index (χ0n) is 4.23. The molecule has 1 heterocycles. The van der Waals surface area contributed by atoms with E-state index in [4.69, 9.17) is 23.2 Å². The molecule has 0 radical (unpaired) electrons. The maximum atomic E-state index is 10.3. The smallest absolute Gasteiger partial charge is 0.287 e. The fourth-order valence-corrected chi connectivity index (χ4v) is 0.659. The molecule has 0 aromatic carbocycles. The van der Waals surface area contributed by atoms with Crippen LogP contribution in [0.4, 0.5) is 0 Å². The van der Waals surface area contributed by atoms with E-state index in [9.17, 15) is 4.79 Å². The number of carbonyl (C=O) groups excluding carboxylic acids is 1. The Hall–Kier alpha value is -0.470. The molecule has 1 aromatic heterocycles. The normalized spacial score (nSPS) is 9.56. The van der Waals surface area contributed by atoms with Gasteiger partial charge in [0.1, 0.15) is 6.26 Å². The van der Waals surface area contributed by atoms with E-state index in [0.717, 1.165) is 0 Å². The van der Waals surface area contributed by atoms with Crippen molar-refractivity contribution in [1.82, 2.24) is 0 Å². The molecule has 48 valence electrons. The summed E-state index contributed by atoms with van der Waals surface area (Å²) in [5.41, 5.74) is 0. The standard InChI is InChI=1S/C5H2Cl2O2/c6-3-1-4(5(7)8)9-2-3/h1-2H. The Morgan fingerprint density at radius 1 is 1.67 bits per heavy atom. The quantitative estimate of drug-likeness (QED) is 0.597. The lowest BCUT2D eigenvalue weighted by molar-refractivity contribution is 0.105. The van der Waals surface area contributed by atoms with Crippen LogP contribution < -0.4 is 0 Å². The maximum Gasteiger partial charge on any atom is 0.287 e. The molecule has 0 spiro atoms. The van der Waals surface area contributed by atoms with Crippen molar-refractivity contribution >= 4 is 28.4 Å². The summed E-state index contributed by atoms with van der Waals surface area (Å²) in [6.07, 6.45) is 1.25. The molecule has 0 saturated carbocycles. The summed E-state index contributed by atoms with van der Waals surface area (Å²) >= 11 is 10.4. The Balaban J connectivity index is 2.98. The number of hydrogen-bond acceptors (Lipinski definition) is 2. The first kappa shape index (κ1) is 6.65. The van der Waals surface area contributed by atoms with Crippen molar-refractivity contribution in [1.29, 1.82) is 0 Å². The Kier molecular flexibility index (Phi) is 1.78. The van der Waals surface area contributed by atoms with Gasteiger partial charge in [0.2, 0.25) is 0 Å². The molecule has 0 bridgehead atoms. The molecular formula is C5H2Cl2O2. The number of carbonyl (C=O) groups is 1. The van der Waals surface area contributed by atoms with Gasteiger partial charge in [0.05, 0.1) is 5.02 Å². The average Bonchev–Trinajstić information content (AvgIpc) is 2.14. The van der Waals surface area contributed by atoms with Crippen molar-refractivity contribution in [2.45, 2.75) is 0 Å². The van der Waals surface area contributed by atoms with Gasteiger partial charge in [-0.1, -0.05) is 11.6 Å². The highest BCUT2D eigenvalue weighted by atomic mass is 35.5. The number of furan rings is 1. The fourth-order valence-electron chi connectivity index (χ4n) is 0.416. The van der Waals surface area contributed by atoms with Gasteiger partial charge in [-0.15, -0.1) is 0 Å². The lowest BCUT2D eigenvalue weighted by atomic mass is 10.5. The van der Waals surface area contributed by atoms with E-state index in [0.29, 0.717) is 5.02 Å². The van der Waals surface area contributed by atoms with Crippen LogP contribution in [0.5, 0.6) is 0 Å². The molecular weight excluding hydrogens is 163 g/mol. The van der Waals surface area contributed by atoms with E-state index >= 15 is 0 Å². The predicted molar refractivity (Wildman–Crippen MR) is 33.9 cm³/mol. The van der Waals surface area contributed by atoms with Gasteiger partial charge < -0.3 is 4.42 Å². The summed E-state index contributed by atoms with van der Waals surface area (Å²) in [6, 6.07) is 1.36. The third-order valence-electron chi connectivity index (χ3n) is 0.761. The van der Waals surface area contributed by atoms with E-state index in [1.165, 1.54) is 12.3 Å². The molecule has 2 nitrogen and oxygen atoms in total. The topological polar surface area (TPSA) is 30.2 Å². The number of rotatable bonds is 1. The Morgan fingerprint density at radius 3 is 2.56 bits per heavy atom. The molecule has 9 heavy (non-hydrogen) atoms. The minimum Gasteiger partial charge on any atom is -0.458 e. The first-order valence-electron chi connectivity index (χ1n) is 2.14. The zero-order chi connectivity index (χ0) is 6.85. The summed E-state index contributed by atoms with van der Waals surface area (Å²) < 4.78 is 4.61. The first-order valence-corrected chi connectivity index (χ1v) is 2.89. The summed E-state index contributed by atoms with van der Waals surface area (Å²) in [4.78, 5) is 10.3. The van der Waals surface area contributed by atoms with Gasteiger partial charge >= 0.3 is 0 Å². The summed E-state index contributed by atoms with van der Waals surface area (Å²) in [6.45, 7) is 0. The van der Waals surface area contributed by atoms with Crippen LogP contribution in [0.2, 0.25) is 5.02 Å². The SMILES string of the molecule is O=C(Cl)c1cc(Cl)co1. The molecule has 0 amide bonds. The van der Waals surface area contributed by atoms with Crippen molar-refractivity contribution in [3.8, 4) is 0 Å². The predicted octanol–water partition coefficient (Wildman–Crippen LogP) is 2.31. The molecule has 0 N–H and O–H groups in total. The van der Waals surface area contributed by atoms with Crippen LogP contribution in [-0.2, 0) is 0 Å². The van der Waals surface area contributed by atoms with Gasteiger partial charge in [-0.25, -0.2) is 0 Å². The van der Waals surface area contributed by atoms with E-state index in [1.807, 2.05) is 0 Å². The molecule has 0 aliphatic rings. The van der Waals surface area contributed by atoms with Crippen LogP contribution in [-0.4, -0.2) is 5.24 Å². The maximum absolute atomic E-state index is 10.3. The molecule has 0 fully saturated rings.